The highest BCUT2D eigenvalue weighted by molar-refractivity contribution is 5.93. The third kappa shape index (κ3) is 1.55. The van der Waals surface area contributed by atoms with Crippen molar-refractivity contribution < 1.29 is 9.53 Å². The van der Waals surface area contributed by atoms with Gasteiger partial charge in [-0.3, -0.25) is 4.79 Å². The number of carbonyl (C=O) groups is 1. The molecule has 146 valence electrons. The molecule has 0 N–H and O–H groups in total. The third-order valence-corrected chi connectivity index (χ3v) is 11.4. The number of ether oxygens (including phenoxy) is 1. The summed E-state index contributed by atoms with van der Waals surface area (Å²) in [5.74, 6) is 4.15. The van der Waals surface area contributed by atoms with Crippen LogP contribution in [-0.2, 0) is 9.53 Å². The Labute approximate surface area is 163 Å². The van der Waals surface area contributed by atoms with E-state index in [1.807, 2.05) is 6.08 Å². The van der Waals surface area contributed by atoms with Gasteiger partial charge in [0.05, 0.1) is 5.76 Å². The van der Waals surface area contributed by atoms with E-state index in [4.69, 9.17) is 4.74 Å². The second-order valence-corrected chi connectivity index (χ2v) is 11.6. The van der Waals surface area contributed by atoms with Crippen molar-refractivity contribution in [2.45, 2.75) is 72.3 Å². The molecule has 5 fully saturated rings. The van der Waals surface area contributed by atoms with Gasteiger partial charge in [0.1, 0.15) is 6.10 Å². The van der Waals surface area contributed by atoms with Crippen LogP contribution < -0.4 is 0 Å². The van der Waals surface area contributed by atoms with Gasteiger partial charge in [0.2, 0.25) is 0 Å². The maximum Gasteiger partial charge on any atom is 0.158 e. The fraction of sp³-hybridized carbons (Fsp3) is 0.800. The van der Waals surface area contributed by atoms with Crippen LogP contribution in [0.5, 0.6) is 0 Å². The zero-order valence-electron chi connectivity index (χ0n) is 17.4. The highest BCUT2D eigenvalue weighted by atomic mass is 16.5. The Morgan fingerprint density at radius 1 is 1.11 bits per heavy atom. The van der Waals surface area contributed by atoms with Gasteiger partial charge < -0.3 is 4.74 Å². The molecule has 4 saturated carbocycles. The van der Waals surface area contributed by atoms with Gasteiger partial charge in [0, 0.05) is 17.8 Å². The number of carbonyl (C=O) groups excluding carboxylic acids is 1. The first-order valence-corrected chi connectivity index (χ1v) is 11.3. The lowest BCUT2D eigenvalue weighted by molar-refractivity contribution is -0.132. The van der Waals surface area contributed by atoms with Gasteiger partial charge in [-0.2, -0.15) is 0 Å². The van der Waals surface area contributed by atoms with Crippen molar-refractivity contribution in [3.05, 3.63) is 24.5 Å². The second kappa shape index (κ2) is 4.57. The molecule has 2 unspecified atom stereocenters. The van der Waals surface area contributed by atoms with Crippen LogP contribution in [0.1, 0.15) is 66.2 Å². The molecule has 10 atom stereocenters. The maximum absolute atomic E-state index is 12.4. The summed E-state index contributed by atoms with van der Waals surface area (Å²) in [6.07, 6.45) is 12.5. The molecule has 2 heteroatoms. The van der Waals surface area contributed by atoms with Crippen LogP contribution in [0, 0.1) is 51.2 Å². The summed E-state index contributed by atoms with van der Waals surface area (Å²) in [5.41, 5.74) is 1.53. The van der Waals surface area contributed by atoms with Crippen molar-refractivity contribution in [3.8, 4) is 0 Å². The monoisotopic (exact) mass is 366 g/mol. The van der Waals surface area contributed by atoms with Gasteiger partial charge in [-0.1, -0.05) is 40.3 Å². The molecule has 1 heterocycles. The summed E-state index contributed by atoms with van der Waals surface area (Å²) in [5, 5.41) is 0. The summed E-state index contributed by atoms with van der Waals surface area (Å²) < 4.78 is 6.33. The minimum absolute atomic E-state index is 0.228. The van der Waals surface area contributed by atoms with Crippen molar-refractivity contribution in [1.29, 1.82) is 0 Å². The number of allylic oxidation sites excluding steroid dienone is 3. The largest absolute Gasteiger partial charge is 0.495 e. The van der Waals surface area contributed by atoms with Crippen LogP contribution in [0.4, 0.5) is 0 Å². The number of ketones is 1. The van der Waals surface area contributed by atoms with E-state index >= 15 is 0 Å². The molecule has 0 radical (unpaired) electrons. The summed E-state index contributed by atoms with van der Waals surface area (Å²) in [4.78, 5) is 12.4. The SMILES string of the molecule is C=C1O[C@H]2C[C@@]3(C)C4CCC5[C@H](C)C(=O)C=C[C@@]56C[C@@]46CC[C@]3(C)[C@H]2[C@@H]1C. The molecule has 1 saturated heterocycles. The van der Waals surface area contributed by atoms with E-state index in [2.05, 4.69) is 40.3 Å². The Bertz CT molecular complexity index is 796. The molecule has 1 aliphatic heterocycles. The quantitative estimate of drug-likeness (QED) is 0.563. The minimum Gasteiger partial charge on any atom is -0.495 e. The molecule has 0 aromatic carbocycles. The first-order valence-electron chi connectivity index (χ1n) is 11.3. The van der Waals surface area contributed by atoms with Gasteiger partial charge in [0.25, 0.3) is 0 Å². The van der Waals surface area contributed by atoms with Gasteiger partial charge in [-0.15, -0.1) is 0 Å². The molecule has 0 amide bonds. The Morgan fingerprint density at radius 3 is 2.67 bits per heavy atom. The summed E-state index contributed by atoms with van der Waals surface area (Å²) in [6, 6.07) is 0. The highest BCUT2D eigenvalue weighted by Crippen LogP contribution is 2.87. The fourth-order valence-electron chi connectivity index (χ4n) is 9.89. The Hall–Kier alpha value is -1.05. The van der Waals surface area contributed by atoms with Gasteiger partial charge in [-0.05, 0) is 78.1 Å². The molecule has 0 aromatic heterocycles. The van der Waals surface area contributed by atoms with E-state index in [0.29, 0.717) is 51.3 Å². The summed E-state index contributed by atoms with van der Waals surface area (Å²) in [6.45, 7) is 14.0. The van der Waals surface area contributed by atoms with Crippen LogP contribution in [0.15, 0.2) is 24.5 Å². The Balaban J connectivity index is 1.43. The molecule has 5 aliphatic carbocycles. The van der Waals surface area contributed by atoms with Crippen LogP contribution in [-0.4, -0.2) is 11.9 Å². The second-order valence-electron chi connectivity index (χ2n) is 11.6. The van der Waals surface area contributed by atoms with Gasteiger partial charge in [0.15, 0.2) is 5.78 Å². The number of fused-ring (bicyclic) bond motifs is 4. The van der Waals surface area contributed by atoms with Crippen LogP contribution in [0.3, 0.4) is 0 Å². The van der Waals surface area contributed by atoms with Crippen molar-refractivity contribution in [1.82, 2.24) is 0 Å². The number of hydrogen-bond donors (Lipinski definition) is 0. The molecule has 0 bridgehead atoms. The zero-order valence-corrected chi connectivity index (χ0v) is 17.4. The minimum atomic E-state index is 0.228. The number of rotatable bonds is 0. The molecule has 2 spiro atoms. The molecule has 6 aliphatic rings. The average molecular weight is 367 g/mol. The van der Waals surface area contributed by atoms with Crippen molar-refractivity contribution in [3.63, 3.8) is 0 Å². The van der Waals surface area contributed by atoms with Gasteiger partial charge in [-0.25, -0.2) is 0 Å². The third-order valence-electron chi connectivity index (χ3n) is 11.4. The lowest BCUT2D eigenvalue weighted by Crippen LogP contribution is -2.55. The highest BCUT2D eigenvalue weighted by Gasteiger charge is 2.82. The smallest absolute Gasteiger partial charge is 0.158 e. The Kier molecular flexibility index (Phi) is 2.86. The summed E-state index contributed by atoms with van der Waals surface area (Å²) in [7, 11) is 0. The predicted octanol–water partition coefficient (Wildman–Crippen LogP) is 5.54. The van der Waals surface area contributed by atoms with E-state index in [9.17, 15) is 4.79 Å². The standard InChI is InChI=1S/C25H34O2/c1-14-16(3)27-19-12-23(5)20-7-6-17-15(2)18(26)8-9-24(17)13-25(20,24)11-10-22(23,4)21(14)19/h8-9,14-15,17,19-21H,3,6-7,10-13H2,1-2,4-5H3/t14-,15+,17?,19+,20?,21+,22-,23+,24-,25+/m1/s1. The molecule has 0 aromatic rings. The van der Waals surface area contributed by atoms with Crippen LogP contribution in [0.25, 0.3) is 0 Å². The fourth-order valence-corrected chi connectivity index (χ4v) is 9.89. The Morgan fingerprint density at radius 2 is 1.89 bits per heavy atom. The molecule has 6 rings (SSSR count). The molecular formula is C25H34O2. The van der Waals surface area contributed by atoms with E-state index in [-0.39, 0.29) is 5.92 Å². The van der Waals surface area contributed by atoms with Crippen LogP contribution in [0.2, 0.25) is 0 Å². The molecule has 2 nitrogen and oxygen atoms in total. The van der Waals surface area contributed by atoms with Gasteiger partial charge >= 0.3 is 0 Å². The van der Waals surface area contributed by atoms with Crippen molar-refractivity contribution in [2.75, 3.05) is 0 Å². The van der Waals surface area contributed by atoms with Crippen molar-refractivity contribution >= 4 is 5.78 Å². The van der Waals surface area contributed by atoms with E-state index in [1.165, 1.54) is 38.5 Å². The average Bonchev–Trinajstić information content (AvgIpc) is 3.12. The summed E-state index contributed by atoms with van der Waals surface area (Å²) >= 11 is 0. The van der Waals surface area contributed by atoms with E-state index in [1.54, 1.807) is 0 Å². The molecule has 27 heavy (non-hydrogen) atoms. The maximum atomic E-state index is 12.4. The topological polar surface area (TPSA) is 26.3 Å². The van der Waals surface area contributed by atoms with E-state index in [0.717, 1.165) is 11.7 Å². The first kappa shape index (κ1) is 16.9. The van der Waals surface area contributed by atoms with Crippen molar-refractivity contribution in [2.24, 2.45) is 51.2 Å². The lowest BCUT2D eigenvalue weighted by Gasteiger charge is -2.60. The first-order chi connectivity index (χ1) is 12.7. The van der Waals surface area contributed by atoms with E-state index < -0.39 is 0 Å². The lowest BCUT2D eigenvalue weighted by atomic mass is 9.43. The van der Waals surface area contributed by atoms with Crippen LogP contribution >= 0.6 is 0 Å². The normalized spacial score (nSPS) is 62.8. The number of hydrogen-bond acceptors (Lipinski definition) is 2. The zero-order chi connectivity index (χ0) is 19.0. The predicted molar refractivity (Wildman–Crippen MR) is 106 cm³/mol. The molecular weight excluding hydrogens is 332 g/mol.